The Kier molecular flexibility index (Phi) is 2.04. The fraction of sp³-hybridized carbons (Fsp3) is 0.667. The Morgan fingerprint density at radius 1 is 1.67 bits per heavy atom. The van der Waals surface area contributed by atoms with Crippen molar-refractivity contribution in [1.82, 2.24) is 0 Å². The maximum Gasteiger partial charge on any atom is 0.319 e. The Morgan fingerprint density at radius 3 is 2.87 bits per heavy atom. The van der Waals surface area contributed by atoms with Crippen LogP contribution in [0.2, 0.25) is 0 Å². The summed E-state index contributed by atoms with van der Waals surface area (Å²) in [6, 6.07) is -1.03. The number of hydrogen-bond acceptors (Lipinski definition) is 5. The van der Waals surface area contributed by atoms with Crippen LogP contribution in [0.15, 0.2) is 12.2 Å². The Hall–Kier alpha value is -1.43. The van der Waals surface area contributed by atoms with Crippen molar-refractivity contribution in [1.29, 1.82) is 0 Å². The number of nitrogens with zero attached hydrogens (tertiary/aromatic N) is 1. The van der Waals surface area contributed by atoms with E-state index >= 15 is 0 Å². The van der Waals surface area contributed by atoms with Gasteiger partial charge in [-0.1, -0.05) is 12.2 Å². The Morgan fingerprint density at radius 2 is 2.33 bits per heavy atom. The summed E-state index contributed by atoms with van der Waals surface area (Å²) in [5.41, 5.74) is -0.893. The molecule has 0 unspecified atom stereocenters. The molecular weight excluding hydrogens is 202 g/mol. The highest BCUT2D eigenvalue weighted by atomic mass is 16.6. The number of hydrogen-bond donors (Lipinski definition) is 0. The smallest absolute Gasteiger partial charge is 0.319 e. The number of methoxy groups -OCH3 is 1. The molecule has 6 nitrogen and oxygen atoms in total. The third-order valence-corrected chi connectivity index (χ3v) is 3.00. The molecule has 0 aromatic rings. The van der Waals surface area contributed by atoms with Gasteiger partial charge >= 0.3 is 5.97 Å². The molecule has 0 aliphatic carbocycles. The van der Waals surface area contributed by atoms with Crippen molar-refractivity contribution >= 4 is 5.97 Å². The molecule has 0 radical (unpaired) electrons. The molecule has 0 saturated carbocycles. The standard InChI is InChI=1S/C9H11NO5/c1-9-4-3-5(15-9)7(10(12)13)6(9)8(11)14-2/h3-7H,1-2H3/t5-,6+,7+,9+/m1/s1. The van der Waals surface area contributed by atoms with E-state index in [0.717, 1.165) is 0 Å². The lowest BCUT2D eigenvalue weighted by atomic mass is 9.81. The lowest BCUT2D eigenvalue weighted by molar-refractivity contribution is -0.530. The highest BCUT2D eigenvalue weighted by Gasteiger charge is 2.63. The maximum absolute atomic E-state index is 11.5. The van der Waals surface area contributed by atoms with E-state index < -0.39 is 34.6 Å². The van der Waals surface area contributed by atoms with Gasteiger partial charge in [-0.25, -0.2) is 0 Å². The third-order valence-electron chi connectivity index (χ3n) is 3.00. The van der Waals surface area contributed by atoms with Gasteiger partial charge in [0.2, 0.25) is 0 Å². The van der Waals surface area contributed by atoms with E-state index in [9.17, 15) is 14.9 Å². The van der Waals surface area contributed by atoms with E-state index in [1.165, 1.54) is 7.11 Å². The zero-order valence-electron chi connectivity index (χ0n) is 8.38. The van der Waals surface area contributed by atoms with Crippen molar-refractivity contribution in [2.45, 2.75) is 24.7 Å². The number of rotatable bonds is 2. The lowest BCUT2D eigenvalue weighted by Gasteiger charge is -2.23. The molecule has 0 amide bonds. The van der Waals surface area contributed by atoms with Gasteiger partial charge in [-0.05, 0) is 6.92 Å². The molecule has 0 spiro atoms. The van der Waals surface area contributed by atoms with Gasteiger partial charge in [-0.2, -0.15) is 0 Å². The summed E-state index contributed by atoms with van der Waals surface area (Å²) in [5, 5.41) is 10.8. The van der Waals surface area contributed by atoms with Gasteiger partial charge in [0, 0.05) is 4.92 Å². The van der Waals surface area contributed by atoms with Crippen molar-refractivity contribution in [3.63, 3.8) is 0 Å². The van der Waals surface area contributed by atoms with Gasteiger partial charge in [-0.15, -0.1) is 0 Å². The average Bonchev–Trinajstić information content (AvgIpc) is 2.68. The molecule has 0 N–H and O–H groups in total. The minimum absolute atomic E-state index is 0.471. The van der Waals surface area contributed by atoms with Crippen LogP contribution < -0.4 is 0 Å². The Balaban J connectivity index is 2.37. The molecule has 2 rings (SSSR count). The molecule has 1 fully saturated rings. The van der Waals surface area contributed by atoms with Crippen LogP contribution in [-0.2, 0) is 14.3 Å². The number of nitro groups is 1. The van der Waals surface area contributed by atoms with Gasteiger partial charge in [0.25, 0.3) is 6.04 Å². The molecule has 15 heavy (non-hydrogen) atoms. The summed E-state index contributed by atoms with van der Waals surface area (Å²) in [5.74, 6) is -1.45. The van der Waals surface area contributed by atoms with Crippen LogP contribution in [0, 0.1) is 16.0 Å². The maximum atomic E-state index is 11.5. The van der Waals surface area contributed by atoms with Gasteiger partial charge in [-0.3, -0.25) is 14.9 Å². The van der Waals surface area contributed by atoms with Crippen molar-refractivity contribution in [2.75, 3.05) is 7.11 Å². The predicted octanol–water partition coefficient (Wildman–Crippen LogP) is 0.148. The van der Waals surface area contributed by atoms with E-state index in [0.29, 0.717) is 0 Å². The summed E-state index contributed by atoms with van der Waals surface area (Å²) in [6.45, 7) is 1.66. The molecule has 2 aliphatic heterocycles. The first-order valence-electron chi connectivity index (χ1n) is 4.58. The van der Waals surface area contributed by atoms with Crippen LogP contribution in [-0.4, -0.2) is 35.7 Å². The number of fused-ring (bicyclic) bond motifs is 2. The van der Waals surface area contributed by atoms with E-state index in [1.54, 1.807) is 19.1 Å². The quantitative estimate of drug-likeness (QED) is 0.282. The number of esters is 1. The third kappa shape index (κ3) is 1.25. The topological polar surface area (TPSA) is 78.7 Å². The van der Waals surface area contributed by atoms with Gasteiger partial charge < -0.3 is 9.47 Å². The average molecular weight is 213 g/mol. The molecule has 1 saturated heterocycles. The van der Waals surface area contributed by atoms with E-state index in [2.05, 4.69) is 4.74 Å². The fourth-order valence-corrected chi connectivity index (χ4v) is 2.29. The fourth-order valence-electron chi connectivity index (χ4n) is 2.29. The SMILES string of the molecule is COC(=O)[C@@H]1[C@@H]([N+](=O)[O-])[C@H]2C=C[C@]1(C)O2. The summed E-state index contributed by atoms with van der Waals surface area (Å²) in [6.07, 6.45) is 2.71. The van der Waals surface area contributed by atoms with E-state index in [4.69, 9.17) is 4.74 Å². The molecule has 2 aliphatic rings. The second-order valence-electron chi connectivity index (χ2n) is 3.90. The first-order chi connectivity index (χ1) is 6.99. The number of carbonyl (C=O) groups is 1. The van der Waals surface area contributed by atoms with Crippen LogP contribution in [0.25, 0.3) is 0 Å². The molecule has 6 heteroatoms. The zero-order valence-corrected chi connectivity index (χ0v) is 8.38. The summed E-state index contributed by atoms with van der Waals surface area (Å²) >= 11 is 0. The van der Waals surface area contributed by atoms with Crippen LogP contribution in [0.5, 0.6) is 0 Å². The van der Waals surface area contributed by atoms with Crippen molar-refractivity contribution < 1.29 is 19.2 Å². The van der Waals surface area contributed by atoms with E-state index in [1.807, 2.05) is 0 Å². The highest BCUT2D eigenvalue weighted by molar-refractivity contribution is 5.76. The van der Waals surface area contributed by atoms with Crippen LogP contribution in [0.3, 0.4) is 0 Å². The highest BCUT2D eigenvalue weighted by Crippen LogP contribution is 2.44. The normalized spacial score (nSPS) is 41.9. The van der Waals surface area contributed by atoms with Gasteiger partial charge in [0.15, 0.2) is 5.92 Å². The molecule has 2 bridgehead atoms. The number of ether oxygens (including phenoxy) is 2. The largest absolute Gasteiger partial charge is 0.469 e. The molecule has 0 aromatic heterocycles. The van der Waals surface area contributed by atoms with Crippen LogP contribution in [0.1, 0.15) is 6.92 Å². The minimum Gasteiger partial charge on any atom is -0.469 e. The molecule has 4 atom stereocenters. The second-order valence-corrected chi connectivity index (χ2v) is 3.90. The van der Waals surface area contributed by atoms with Crippen LogP contribution >= 0.6 is 0 Å². The van der Waals surface area contributed by atoms with Gasteiger partial charge in [0.1, 0.15) is 11.7 Å². The molecular formula is C9H11NO5. The molecule has 82 valence electrons. The zero-order chi connectivity index (χ0) is 11.2. The second kappa shape index (κ2) is 3.03. The Bertz CT molecular complexity index is 352. The molecule has 2 heterocycles. The van der Waals surface area contributed by atoms with E-state index in [-0.39, 0.29) is 0 Å². The first-order valence-corrected chi connectivity index (χ1v) is 4.58. The predicted molar refractivity (Wildman–Crippen MR) is 48.7 cm³/mol. The lowest BCUT2D eigenvalue weighted by Crippen LogP contribution is -2.45. The minimum atomic E-state index is -1.03. The van der Waals surface area contributed by atoms with Crippen molar-refractivity contribution in [3.05, 3.63) is 22.3 Å². The van der Waals surface area contributed by atoms with Crippen LogP contribution in [0.4, 0.5) is 0 Å². The number of carbonyl (C=O) groups excluding carboxylic acids is 1. The Labute approximate surface area is 86.0 Å². The summed E-state index contributed by atoms with van der Waals surface area (Å²) in [4.78, 5) is 21.9. The summed E-state index contributed by atoms with van der Waals surface area (Å²) < 4.78 is 9.99. The monoisotopic (exact) mass is 213 g/mol. The van der Waals surface area contributed by atoms with Crippen molar-refractivity contribution in [3.8, 4) is 0 Å². The summed E-state index contributed by atoms with van der Waals surface area (Å²) in [7, 11) is 1.22. The van der Waals surface area contributed by atoms with Crippen molar-refractivity contribution in [2.24, 2.45) is 5.92 Å². The van der Waals surface area contributed by atoms with Gasteiger partial charge in [0.05, 0.1) is 7.11 Å². The molecule has 0 aromatic carbocycles. The first kappa shape index (κ1) is 10.1.